The van der Waals surface area contributed by atoms with Crippen molar-refractivity contribution < 1.29 is 9.13 Å². The molecule has 0 amide bonds. The van der Waals surface area contributed by atoms with Crippen molar-refractivity contribution in [3.8, 4) is 5.88 Å². The number of nitrogens with zero attached hydrogens (tertiary/aromatic N) is 4. The summed E-state index contributed by atoms with van der Waals surface area (Å²) >= 11 is 0. The van der Waals surface area contributed by atoms with Crippen LogP contribution in [0.2, 0.25) is 0 Å². The summed E-state index contributed by atoms with van der Waals surface area (Å²) in [6.07, 6.45) is 5.30. The predicted octanol–water partition coefficient (Wildman–Crippen LogP) is 3.46. The Morgan fingerprint density at radius 1 is 1.08 bits per heavy atom. The number of anilines is 1. The molecule has 1 aromatic carbocycles. The van der Waals surface area contributed by atoms with Crippen LogP contribution in [0.1, 0.15) is 12.8 Å². The normalized spacial score (nSPS) is 15.5. The second kappa shape index (κ2) is 7.01. The Hall–Kier alpha value is -2.76. The molecule has 0 radical (unpaired) electrons. The summed E-state index contributed by atoms with van der Waals surface area (Å²) in [7, 11) is 0. The molecule has 25 heavy (non-hydrogen) atoms. The van der Waals surface area contributed by atoms with E-state index < -0.39 is 0 Å². The van der Waals surface area contributed by atoms with Crippen LogP contribution in [0.5, 0.6) is 5.88 Å². The standard InChI is InChI=1S/C19H19FN4O/c20-15-4-5-17-16(11-15)19(23-13-22-17)24-9-6-14(7-10-24)12-25-18-3-1-2-8-21-18/h1-5,8,11,13-14H,6-7,9-10,12H2. The Morgan fingerprint density at radius 3 is 2.76 bits per heavy atom. The first-order chi connectivity index (χ1) is 12.3. The van der Waals surface area contributed by atoms with E-state index in [1.165, 1.54) is 12.1 Å². The van der Waals surface area contributed by atoms with Gasteiger partial charge >= 0.3 is 0 Å². The third-order valence-corrected chi connectivity index (χ3v) is 4.60. The van der Waals surface area contributed by atoms with E-state index >= 15 is 0 Å². The molecule has 0 spiro atoms. The number of hydrogen-bond donors (Lipinski definition) is 0. The molecule has 0 saturated carbocycles. The quantitative estimate of drug-likeness (QED) is 0.729. The molecule has 0 atom stereocenters. The van der Waals surface area contributed by atoms with Crippen LogP contribution in [0.3, 0.4) is 0 Å². The average molecular weight is 338 g/mol. The number of ether oxygens (including phenoxy) is 1. The molecule has 0 bridgehead atoms. The van der Waals surface area contributed by atoms with Gasteiger partial charge in [0.2, 0.25) is 5.88 Å². The highest BCUT2D eigenvalue weighted by atomic mass is 19.1. The van der Waals surface area contributed by atoms with Crippen LogP contribution in [0, 0.1) is 11.7 Å². The van der Waals surface area contributed by atoms with E-state index in [1.54, 1.807) is 18.6 Å². The molecule has 1 fully saturated rings. The van der Waals surface area contributed by atoms with E-state index in [0.717, 1.165) is 42.7 Å². The predicted molar refractivity (Wildman–Crippen MR) is 94.2 cm³/mol. The molecule has 0 unspecified atom stereocenters. The second-order valence-corrected chi connectivity index (χ2v) is 6.27. The number of halogens is 1. The van der Waals surface area contributed by atoms with Crippen LogP contribution in [-0.4, -0.2) is 34.6 Å². The number of hydrogen-bond acceptors (Lipinski definition) is 5. The van der Waals surface area contributed by atoms with Crippen LogP contribution in [0.25, 0.3) is 10.9 Å². The van der Waals surface area contributed by atoms with Gasteiger partial charge in [0, 0.05) is 30.7 Å². The van der Waals surface area contributed by atoms with E-state index in [-0.39, 0.29) is 5.82 Å². The lowest BCUT2D eigenvalue weighted by Crippen LogP contribution is -2.36. The van der Waals surface area contributed by atoms with Crippen LogP contribution in [0.4, 0.5) is 10.2 Å². The summed E-state index contributed by atoms with van der Waals surface area (Å²) in [6, 6.07) is 10.3. The SMILES string of the molecule is Fc1ccc2ncnc(N3CCC(COc4ccccn4)CC3)c2c1. The zero-order chi connectivity index (χ0) is 17.1. The van der Waals surface area contributed by atoms with Crippen molar-refractivity contribution >= 4 is 16.7 Å². The minimum Gasteiger partial charge on any atom is -0.477 e. The molecule has 3 aromatic rings. The molecular weight excluding hydrogens is 319 g/mol. The van der Waals surface area contributed by atoms with Crippen molar-refractivity contribution in [2.75, 3.05) is 24.6 Å². The molecule has 1 aliphatic rings. The summed E-state index contributed by atoms with van der Waals surface area (Å²) in [5, 5.41) is 0.769. The molecular formula is C19H19FN4O. The van der Waals surface area contributed by atoms with Crippen molar-refractivity contribution in [2.45, 2.75) is 12.8 Å². The van der Waals surface area contributed by atoms with Crippen LogP contribution in [0.15, 0.2) is 48.9 Å². The molecule has 4 rings (SSSR count). The van der Waals surface area contributed by atoms with Crippen molar-refractivity contribution in [3.63, 3.8) is 0 Å². The number of benzene rings is 1. The van der Waals surface area contributed by atoms with Crippen molar-refractivity contribution in [2.24, 2.45) is 5.92 Å². The maximum absolute atomic E-state index is 13.6. The number of pyridine rings is 1. The summed E-state index contributed by atoms with van der Waals surface area (Å²) in [5.41, 5.74) is 0.770. The Bertz CT molecular complexity index is 850. The van der Waals surface area contributed by atoms with Crippen LogP contribution < -0.4 is 9.64 Å². The topological polar surface area (TPSA) is 51.1 Å². The van der Waals surface area contributed by atoms with Crippen LogP contribution >= 0.6 is 0 Å². The Morgan fingerprint density at radius 2 is 1.96 bits per heavy atom. The minimum absolute atomic E-state index is 0.262. The molecule has 1 aliphatic heterocycles. The third kappa shape index (κ3) is 3.52. The zero-order valence-electron chi connectivity index (χ0n) is 13.8. The Kier molecular flexibility index (Phi) is 4.41. The molecule has 1 saturated heterocycles. The average Bonchev–Trinajstić information content (AvgIpc) is 2.67. The van der Waals surface area contributed by atoms with E-state index in [2.05, 4.69) is 19.9 Å². The highest BCUT2D eigenvalue weighted by molar-refractivity contribution is 5.89. The van der Waals surface area contributed by atoms with Gasteiger partial charge < -0.3 is 9.64 Å². The molecule has 128 valence electrons. The Balaban J connectivity index is 1.41. The van der Waals surface area contributed by atoms with Gasteiger partial charge in [-0.25, -0.2) is 19.3 Å². The van der Waals surface area contributed by atoms with Gasteiger partial charge in [-0.3, -0.25) is 0 Å². The zero-order valence-corrected chi connectivity index (χ0v) is 13.8. The van der Waals surface area contributed by atoms with Gasteiger partial charge in [-0.2, -0.15) is 0 Å². The first-order valence-corrected chi connectivity index (χ1v) is 8.48. The fourth-order valence-electron chi connectivity index (χ4n) is 3.21. The molecule has 2 aromatic heterocycles. The Labute approximate surface area is 145 Å². The molecule has 3 heterocycles. The van der Waals surface area contributed by atoms with Gasteiger partial charge in [-0.15, -0.1) is 0 Å². The largest absolute Gasteiger partial charge is 0.477 e. The first-order valence-electron chi connectivity index (χ1n) is 8.48. The summed E-state index contributed by atoms with van der Waals surface area (Å²) in [6.45, 7) is 2.42. The van der Waals surface area contributed by atoms with E-state index in [9.17, 15) is 4.39 Å². The molecule has 5 nitrogen and oxygen atoms in total. The lowest BCUT2D eigenvalue weighted by Gasteiger charge is -2.33. The lowest BCUT2D eigenvalue weighted by molar-refractivity contribution is 0.216. The second-order valence-electron chi connectivity index (χ2n) is 6.27. The maximum Gasteiger partial charge on any atom is 0.213 e. The van der Waals surface area contributed by atoms with Crippen LogP contribution in [-0.2, 0) is 0 Å². The summed E-state index contributed by atoms with van der Waals surface area (Å²) in [4.78, 5) is 15.0. The highest BCUT2D eigenvalue weighted by Crippen LogP contribution is 2.28. The highest BCUT2D eigenvalue weighted by Gasteiger charge is 2.22. The smallest absolute Gasteiger partial charge is 0.213 e. The van der Waals surface area contributed by atoms with Gasteiger partial charge in [0.1, 0.15) is 18.0 Å². The summed E-state index contributed by atoms with van der Waals surface area (Å²) < 4.78 is 19.4. The van der Waals surface area contributed by atoms with Crippen molar-refractivity contribution in [3.05, 3.63) is 54.7 Å². The van der Waals surface area contributed by atoms with E-state index in [4.69, 9.17) is 4.74 Å². The van der Waals surface area contributed by atoms with Gasteiger partial charge in [0.15, 0.2) is 0 Å². The minimum atomic E-state index is -0.262. The molecule has 0 N–H and O–H groups in total. The van der Waals surface area contributed by atoms with Crippen molar-refractivity contribution in [1.29, 1.82) is 0 Å². The van der Waals surface area contributed by atoms with Gasteiger partial charge in [0.05, 0.1) is 12.1 Å². The number of rotatable bonds is 4. The molecule has 0 aliphatic carbocycles. The summed E-state index contributed by atoms with van der Waals surface area (Å²) in [5.74, 6) is 1.71. The van der Waals surface area contributed by atoms with Crippen molar-refractivity contribution in [1.82, 2.24) is 15.0 Å². The monoisotopic (exact) mass is 338 g/mol. The van der Waals surface area contributed by atoms with Gasteiger partial charge in [0.25, 0.3) is 0 Å². The fourth-order valence-corrected chi connectivity index (χ4v) is 3.21. The maximum atomic E-state index is 13.6. The number of piperidine rings is 1. The van der Waals surface area contributed by atoms with Gasteiger partial charge in [-0.1, -0.05) is 6.07 Å². The lowest BCUT2D eigenvalue weighted by atomic mass is 9.97. The van der Waals surface area contributed by atoms with Gasteiger partial charge in [-0.05, 0) is 43.0 Å². The first kappa shape index (κ1) is 15.7. The van der Waals surface area contributed by atoms with E-state index in [0.29, 0.717) is 18.4 Å². The number of aromatic nitrogens is 3. The number of fused-ring (bicyclic) bond motifs is 1. The molecule has 6 heteroatoms. The van der Waals surface area contributed by atoms with E-state index in [1.807, 2.05) is 18.2 Å². The third-order valence-electron chi connectivity index (χ3n) is 4.60. The fraction of sp³-hybridized carbons (Fsp3) is 0.316.